The molecular weight excluding hydrogens is 266 g/mol. The molecule has 2 aromatic heterocycles. The quantitative estimate of drug-likeness (QED) is 0.723. The van der Waals surface area contributed by atoms with E-state index >= 15 is 0 Å². The van der Waals surface area contributed by atoms with Gasteiger partial charge in [-0.15, -0.1) is 10.2 Å². The van der Waals surface area contributed by atoms with Crippen molar-refractivity contribution in [3.05, 3.63) is 42.5 Å². The lowest BCUT2D eigenvalue weighted by Gasteiger charge is -2.09. The molecule has 0 aliphatic heterocycles. The van der Waals surface area contributed by atoms with Gasteiger partial charge in [-0.1, -0.05) is 19.1 Å². The highest BCUT2D eigenvalue weighted by Crippen LogP contribution is 2.18. The van der Waals surface area contributed by atoms with Crippen LogP contribution in [-0.4, -0.2) is 30.2 Å². The minimum Gasteiger partial charge on any atom is -0.378 e. The van der Waals surface area contributed by atoms with E-state index in [0.29, 0.717) is 12.4 Å². The van der Waals surface area contributed by atoms with Gasteiger partial charge in [0.05, 0.1) is 6.54 Å². The molecule has 108 valence electrons. The van der Waals surface area contributed by atoms with Crippen molar-refractivity contribution in [2.75, 3.05) is 5.32 Å². The number of aromatic amines is 1. The van der Waals surface area contributed by atoms with E-state index in [0.717, 1.165) is 30.0 Å². The van der Waals surface area contributed by atoms with Crippen LogP contribution in [-0.2, 0) is 13.1 Å². The van der Waals surface area contributed by atoms with Crippen LogP contribution in [0, 0.1) is 0 Å². The molecule has 7 heteroatoms. The van der Waals surface area contributed by atoms with Gasteiger partial charge in [0.15, 0.2) is 0 Å². The van der Waals surface area contributed by atoms with E-state index in [2.05, 4.69) is 42.4 Å². The lowest BCUT2D eigenvalue weighted by Crippen LogP contribution is -2.08. The van der Waals surface area contributed by atoms with Gasteiger partial charge in [0.2, 0.25) is 5.82 Å². The highest BCUT2D eigenvalue weighted by molar-refractivity contribution is 5.61. The first-order valence-corrected chi connectivity index (χ1v) is 6.94. The first-order chi connectivity index (χ1) is 10.4. The predicted molar refractivity (Wildman–Crippen MR) is 79.5 cm³/mol. The average Bonchev–Trinajstić information content (AvgIpc) is 3.18. The molecule has 7 nitrogen and oxygen atoms in total. The number of aryl methyl sites for hydroxylation is 1. The highest BCUT2D eigenvalue weighted by atomic mass is 15.5. The fourth-order valence-corrected chi connectivity index (χ4v) is 2.19. The third kappa shape index (κ3) is 3.07. The standard InChI is InChI=1S/C14H17N7/c1-2-7-21-8-6-15-13(21)10-16-12-5-3-4-11(9-12)14-17-19-20-18-14/h3-6,8-9,16H,2,7,10H2,1H3,(H,17,18,19,20). The Morgan fingerprint density at radius 1 is 1.33 bits per heavy atom. The molecule has 0 bridgehead atoms. The van der Waals surface area contributed by atoms with E-state index in [-0.39, 0.29) is 0 Å². The summed E-state index contributed by atoms with van der Waals surface area (Å²) >= 11 is 0. The van der Waals surface area contributed by atoms with Crippen LogP contribution in [0.4, 0.5) is 5.69 Å². The Hall–Kier alpha value is -2.70. The Bertz CT molecular complexity index is 687. The van der Waals surface area contributed by atoms with Crippen LogP contribution in [0.2, 0.25) is 0 Å². The van der Waals surface area contributed by atoms with Crippen LogP contribution < -0.4 is 5.32 Å². The van der Waals surface area contributed by atoms with E-state index in [1.165, 1.54) is 0 Å². The number of tetrazole rings is 1. The molecule has 0 unspecified atom stereocenters. The second-order valence-electron chi connectivity index (χ2n) is 4.71. The minimum atomic E-state index is 0.589. The number of anilines is 1. The van der Waals surface area contributed by atoms with E-state index < -0.39 is 0 Å². The van der Waals surface area contributed by atoms with Gasteiger partial charge in [-0.3, -0.25) is 0 Å². The van der Waals surface area contributed by atoms with Crippen LogP contribution in [0.25, 0.3) is 11.4 Å². The summed E-state index contributed by atoms with van der Waals surface area (Å²) < 4.78 is 2.16. The SMILES string of the molecule is CCCn1ccnc1CNc1cccc(-c2nn[nH]n2)c1. The normalized spacial score (nSPS) is 10.7. The van der Waals surface area contributed by atoms with Gasteiger partial charge in [0.1, 0.15) is 5.82 Å². The second-order valence-corrected chi connectivity index (χ2v) is 4.71. The van der Waals surface area contributed by atoms with Gasteiger partial charge < -0.3 is 9.88 Å². The number of nitrogens with one attached hydrogen (secondary N) is 2. The summed E-state index contributed by atoms with van der Waals surface area (Å²) in [6, 6.07) is 7.93. The van der Waals surface area contributed by atoms with E-state index in [1.54, 1.807) is 0 Å². The Labute approximate surface area is 122 Å². The average molecular weight is 283 g/mol. The number of H-pyrrole nitrogens is 1. The lowest BCUT2D eigenvalue weighted by atomic mass is 10.2. The Balaban J connectivity index is 1.71. The van der Waals surface area contributed by atoms with Crippen molar-refractivity contribution in [1.82, 2.24) is 30.2 Å². The van der Waals surface area contributed by atoms with Crippen molar-refractivity contribution in [3.63, 3.8) is 0 Å². The number of rotatable bonds is 6. The largest absolute Gasteiger partial charge is 0.378 e. The van der Waals surface area contributed by atoms with Gasteiger partial charge in [-0.05, 0) is 23.8 Å². The topological polar surface area (TPSA) is 84.3 Å². The maximum Gasteiger partial charge on any atom is 0.204 e. The number of nitrogens with zero attached hydrogens (tertiary/aromatic N) is 5. The summed E-state index contributed by atoms with van der Waals surface area (Å²) in [4.78, 5) is 4.38. The zero-order valence-corrected chi connectivity index (χ0v) is 11.8. The zero-order valence-electron chi connectivity index (χ0n) is 11.8. The van der Waals surface area contributed by atoms with Crippen molar-refractivity contribution in [2.24, 2.45) is 0 Å². The summed E-state index contributed by atoms with van der Waals surface area (Å²) in [6.07, 6.45) is 4.94. The number of hydrogen-bond acceptors (Lipinski definition) is 5. The lowest BCUT2D eigenvalue weighted by molar-refractivity contribution is 0.644. The van der Waals surface area contributed by atoms with Crippen LogP contribution in [0.5, 0.6) is 0 Å². The van der Waals surface area contributed by atoms with Gasteiger partial charge in [-0.25, -0.2) is 4.98 Å². The first-order valence-electron chi connectivity index (χ1n) is 6.94. The minimum absolute atomic E-state index is 0.589. The van der Waals surface area contributed by atoms with Crippen LogP contribution in [0.3, 0.4) is 0 Å². The third-order valence-electron chi connectivity index (χ3n) is 3.18. The molecule has 0 aliphatic rings. The van der Waals surface area contributed by atoms with Crippen molar-refractivity contribution < 1.29 is 0 Å². The number of aromatic nitrogens is 6. The molecule has 0 saturated carbocycles. The summed E-state index contributed by atoms with van der Waals surface area (Å²) in [7, 11) is 0. The van der Waals surface area contributed by atoms with E-state index in [4.69, 9.17) is 0 Å². The molecule has 0 saturated heterocycles. The van der Waals surface area contributed by atoms with Gasteiger partial charge in [-0.2, -0.15) is 5.21 Å². The predicted octanol–water partition coefficient (Wildman–Crippen LogP) is 2.09. The third-order valence-corrected chi connectivity index (χ3v) is 3.18. The summed E-state index contributed by atoms with van der Waals surface area (Å²) in [6.45, 7) is 3.83. The van der Waals surface area contributed by atoms with Crippen molar-refractivity contribution in [1.29, 1.82) is 0 Å². The molecule has 0 fully saturated rings. The molecule has 3 aromatic rings. The summed E-state index contributed by atoms with van der Waals surface area (Å²) in [5.74, 6) is 1.62. The van der Waals surface area contributed by atoms with Gasteiger partial charge in [0.25, 0.3) is 0 Å². The maximum atomic E-state index is 4.38. The van der Waals surface area contributed by atoms with Crippen LogP contribution in [0.1, 0.15) is 19.2 Å². The molecule has 0 aliphatic carbocycles. The highest BCUT2D eigenvalue weighted by Gasteiger charge is 2.05. The van der Waals surface area contributed by atoms with Crippen molar-refractivity contribution in [2.45, 2.75) is 26.4 Å². The monoisotopic (exact) mass is 283 g/mol. The molecule has 3 rings (SSSR count). The summed E-state index contributed by atoms with van der Waals surface area (Å²) in [5, 5.41) is 17.4. The molecule has 2 heterocycles. The van der Waals surface area contributed by atoms with E-state index in [9.17, 15) is 0 Å². The molecule has 21 heavy (non-hydrogen) atoms. The van der Waals surface area contributed by atoms with Gasteiger partial charge in [0, 0.05) is 30.2 Å². The Kier molecular flexibility index (Phi) is 3.90. The molecule has 1 aromatic carbocycles. The molecule has 0 amide bonds. The van der Waals surface area contributed by atoms with Crippen LogP contribution >= 0.6 is 0 Å². The Morgan fingerprint density at radius 3 is 3.10 bits per heavy atom. The number of hydrogen-bond donors (Lipinski definition) is 2. The summed E-state index contributed by atoms with van der Waals surface area (Å²) in [5.41, 5.74) is 1.92. The van der Waals surface area contributed by atoms with Crippen molar-refractivity contribution in [3.8, 4) is 11.4 Å². The zero-order chi connectivity index (χ0) is 14.5. The second kappa shape index (κ2) is 6.17. The van der Waals surface area contributed by atoms with Gasteiger partial charge >= 0.3 is 0 Å². The number of benzene rings is 1. The molecule has 2 N–H and O–H groups in total. The fraction of sp³-hybridized carbons (Fsp3) is 0.286. The number of imidazole rings is 1. The van der Waals surface area contributed by atoms with Crippen LogP contribution in [0.15, 0.2) is 36.7 Å². The molecular formula is C14H17N7. The molecule has 0 spiro atoms. The Morgan fingerprint density at radius 2 is 2.29 bits per heavy atom. The molecule has 0 atom stereocenters. The first kappa shape index (κ1) is 13.3. The van der Waals surface area contributed by atoms with E-state index in [1.807, 2.05) is 36.7 Å². The molecule has 0 radical (unpaired) electrons. The van der Waals surface area contributed by atoms with Crippen molar-refractivity contribution >= 4 is 5.69 Å². The smallest absolute Gasteiger partial charge is 0.204 e. The maximum absolute atomic E-state index is 4.38. The fourth-order valence-electron chi connectivity index (χ4n) is 2.19.